The van der Waals surface area contributed by atoms with E-state index in [9.17, 15) is 4.79 Å². The topological polar surface area (TPSA) is 54.1 Å². The molecule has 1 aromatic heterocycles. The van der Waals surface area contributed by atoms with E-state index in [2.05, 4.69) is 29.0 Å². The smallest absolute Gasteiger partial charge is 0.407 e. The first kappa shape index (κ1) is 12.2. The number of hydrogen-bond acceptors (Lipinski definition) is 2. The summed E-state index contributed by atoms with van der Waals surface area (Å²) in [5.74, 6) is 0. The summed E-state index contributed by atoms with van der Waals surface area (Å²) in [5.41, 5.74) is 2.31. The lowest BCUT2D eigenvalue weighted by Gasteiger charge is -2.05. The monoisotopic (exact) mass is 244 g/mol. The second kappa shape index (κ2) is 5.91. The van der Waals surface area contributed by atoms with Gasteiger partial charge in [-0.2, -0.15) is 0 Å². The molecular formula is C14H16N2O2. The van der Waals surface area contributed by atoms with Gasteiger partial charge in [0.1, 0.15) is 6.61 Å². The number of rotatable bonds is 5. The highest BCUT2D eigenvalue weighted by Gasteiger charge is 2.01. The number of amides is 1. The number of hydrogen-bond donors (Lipinski definition) is 2. The van der Waals surface area contributed by atoms with Crippen LogP contribution in [0.15, 0.2) is 43.1 Å². The van der Waals surface area contributed by atoms with E-state index >= 15 is 0 Å². The van der Waals surface area contributed by atoms with Crippen molar-refractivity contribution in [2.75, 3.05) is 13.2 Å². The van der Waals surface area contributed by atoms with E-state index in [0.29, 0.717) is 6.54 Å². The molecule has 2 aromatic rings. The van der Waals surface area contributed by atoms with Crippen LogP contribution in [0.25, 0.3) is 10.9 Å². The molecule has 1 amide bonds. The van der Waals surface area contributed by atoms with Gasteiger partial charge in [0.2, 0.25) is 0 Å². The summed E-state index contributed by atoms with van der Waals surface area (Å²) in [6, 6.07) is 8.24. The van der Waals surface area contributed by atoms with E-state index < -0.39 is 6.09 Å². The number of carbonyl (C=O) groups is 1. The first-order chi connectivity index (χ1) is 8.79. The summed E-state index contributed by atoms with van der Waals surface area (Å²) < 4.78 is 4.81. The maximum absolute atomic E-state index is 11.2. The lowest BCUT2D eigenvalue weighted by atomic mass is 10.1. The van der Waals surface area contributed by atoms with Crippen molar-refractivity contribution < 1.29 is 9.53 Å². The Labute approximate surface area is 106 Å². The molecular weight excluding hydrogens is 228 g/mol. The van der Waals surface area contributed by atoms with E-state index in [1.165, 1.54) is 10.9 Å². The third-order valence-electron chi connectivity index (χ3n) is 2.63. The lowest BCUT2D eigenvalue weighted by molar-refractivity contribution is 0.158. The van der Waals surface area contributed by atoms with E-state index in [1.54, 1.807) is 6.08 Å². The zero-order valence-corrected chi connectivity index (χ0v) is 10.1. The second-order valence-electron chi connectivity index (χ2n) is 3.96. The van der Waals surface area contributed by atoms with E-state index in [4.69, 9.17) is 4.74 Å². The number of aromatic nitrogens is 1. The molecule has 0 fully saturated rings. The van der Waals surface area contributed by atoms with Crippen LogP contribution in [-0.2, 0) is 11.2 Å². The summed E-state index contributed by atoms with van der Waals surface area (Å²) in [7, 11) is 0. The zero-order valence-electron chi connectivity index (χ0n) is 10.1. The first-order valence-electron chi connectivity index (χ1n) is 5.87. The predicted octanol–water partition coefficient (Wildman–Crippen LogP) is 2.62. The van der Waals surface area contributed by atoms with Gasteiger partial charge < -0.3 is 15.0 Å². The maximum atomic E-state index is 11.2. The summed E-state index contributed by atoms with van der Waals surface area (Å²) in [6.45, 7) is 4.28. The van der Waals surface area contributed by atoms with Crippen molar-refractivity contribution in [2.24, 2.45) is 0 Å². The lowest BCUT2D eigenvalue weighted by Crippen LogP contribution is -2.26. The van der Waals surface area contributed by atoms with Crippen LogP contribution in [0.5, 0.6) is 0 Å². The van der Waals surface area contributed by atoms with Gasteiger partial charge in [0.15, 0.2) is 0 Å². The molecule has 0 saturated carbocycles. The second-order valence-corrected chi connectivity index (χ2v) is 3.96. The molecule has 0 bridgehead atoms. The van der Waals surface area contributed by atoms with E-state index in [0.717, 1.165) is 11.9 Å². The minimum atomic E-state index is -0.405. The van der Waals surface area contributed by atoms with Crippen molar-refractivity contribution >= 4 is 17.0 Å². The maximum Gasteiger partial charge on any atom is 0.407 e. The SMILES string of the molecule is C=CCOC(=O)NCCc1ccc2[nH]ccc2c1. The van der Waals surface area contributed by atoms with Gasteiger partial charge in [-0.3, -0.25) is 0 Å². The first-order valence-corrected chi connectivity index (χ1v) is 5.87. The minimum absolute atomic E-state index is 0.237. The fraction of sp³-hybridized carbons (Fsp3) is 0.214. The van der Waals surface area contributed by atoms with Gasteiger partial charge in [-0.15, -0.1) is 0 Å². The summed E-state index contributed by atoms with van der Waals surface area (Å²) in [6.07, 6.45) is 3.83. The molecule has 0 unspecified atom stereocenters. The van der Waals surface area contributed by atoms with Gasteiger partial charge in [0.25, 0.3) is 0 Å². The number of benzene rings is 1. The van der Waals surface area contributed by atoms with Crippen molar-refractivity contribution in [3.63, 3.8) is 0 Å². The molecule has 2 N–H and O–H groups in total. The minimum Gasteiger partial charge on any atom is -0.445 e. The highest BCUT2D eigenvalue weighted by molar-refractivity contribution is 5.79. The number of fused-ring (bicyclic) bond motifs is 1. The van der Waals surface area contributed by atoms with Crippen molar-refractivity contribution in [1.82, 2.24) is 10.3 Å². The van der Waals surface area contributed by atoms with Crippen molar-refractivity contribution in [2.45, 2.75) is 6.42 Å². The summed E-state index contributed by atoms with van der Waals surface area (Å²) in [5, 5.41) is 3.87. The Morgan fingerprint density at radius 3 is 3.17 bits per heavy atom. The Balaban J connectivity index is 1.82. The molecule has 0 aliphatic rings. The molecule has 0 atom stereocenters. The Bertz CT molecular complexity index is 545. The van der Waals surface area contributed by atoms with Crippen LogP contribution in [0, 0.1) is 0 Å². The molecule has 0 aliphatic heterocycles. The molecule has 18 heavy (non-hydrogen) atoms. The van der Waals surface area contributed by atoms with Crippen LogP contribution in [-0.4, -0.2) is 24.2 Å². The van der Waals surface area contributed by atoms with Gasteiger partial charge in [0.05, 0.1) is 0 Å². The van der Waals surface area contributed by atoms with E-state index in [-0.39, 0.29) is 6.61 Å². The number of aromatic amines is 1. The molecule has 0 aliphatic carbocycles. The molecule has 4 heteroatoms. The molecule has 94 valence electrons. The number of ether oxygens (including phenoxy) is 1. The van der Waals surface area contributed by atoms with Gasteiger partial charge >= 0.3 is 6.09 Å². The fourth-order valence-electron chi connectivity index (χ4n) is 1.75. The fourth-order valence-corrected chi connectivity index (χ4v) is 1.75. The van der Waals surface area contributed by atoms with Gasteiger partial charge in [0, 0.05) is 18.3 Å². The normalized spacial score (nSPS) is 10.2. The molecule has 1 heterocycles. The largest absolute Gasteiger partial charge is 0.445 e. The standard InChI is InChI=1S/C14H16N2O2/c1-2-9-18-14(17)16-7-5-11-3-4-13-12(10-11)6-8-15-13/h2-4,6,8,10,15H,1,5,7,9H2,(H,16,17). The molecule has 0 radical (unpaired) electrons. The van der Waals surface area contributed by atoms with Crippen LogP contribution in [0.3, 0.4) is 0 Å². The Hall–Kier alpha value is -2.23. The van der Waals surface area contributed by atoms with Crippen LogP contribution < -0.4 is 5.32 Å². The molecule has 0 saturated heterocycles. The third kappa shape index (κ3) is 3.13. The number of carbonyl (C=O) groups excluding carboxylic acids is 1. The number of nitrogens with one attached hydrogen (secondary N) is 2. The molecule has 2 rings (SSSR count). The van der Waals surface area contributed by atoms with Crippen LogP contribution in [0.4, 0.5) is 4.79 Å². The quantitative estimate of drug-likeness (QED) is 0.794. The molecule has 4 nitrogen and oxygen atoms in total. The average molecular weight is 244 g/mol. The summed E-state index contributed by atoms with van der Waals surface area (Å²) >= 11 is 0. The van der Waals surface area contributed by atoms with Gasteiger partial charge in [-0.25, -0.2) is 4.79 Å². The predicted molar refractivity (Wildman–Crippen MR) is 71.6 cm³/mol. The highest BCUT2D eigenvalue weighted by atomic mass is 16.5. The summed E-state index contributed by atoms with van der Waals surface area (Å²) in [4.78, 5) is 14.3. The Morgan fingerprint density at radius 2 is 2.33 bits per heavy atom. The van der Waals surface area contributed by atoms with Crippen LogP contribution in [0.2, 0.25) is 0 Å². The highest BCUT2D eigenvalue weighted by Crippen LogP contribution is 2.14. The Kier molecular flexibility index (Phi) is 4.02. The number of alkyl carbamates (subject to hydrolysis) is 1. The van der Waals surface area contributed by atoms with Crippen molar-refractivity contribution in [3.8, 4) is 0 Å². The van der Waals surface area contributed by atoms with Gasteiger partial charge in [-0.05, 0) is 35.6 Å². The van der Waals surface area contributed by atoms with Gasteiger partial charge in [-0.1, -0.05) is 18.7 Å². The van der Waals surface area contributed by atoms with E-state index in [1.807, 2.05) is 18.3 Å². The van der Waals surface area contributed by atoms with Crippen LogP contribution in [0.1, 0.15) is 5.56 Å². The van der Waals surface area contributed by atoms with Crippen molar-refractivity contribution in [3.05, 3.63) is 48.7 Å². The molecule has 0 spiro atoms. The Morgan fingerprint density at radius 1 is 1.44 bits per heavy atom. The zero-order chi connectivity index (χ0) is 12.8. The average Bonchev–Trinajstić information content (AvgIpc) is 2.83. The number of H-pyrrole nitrogens is 1. The van der Waals surface area contributed by atoms with Crippen LogP contribution >= 0.6 is 0 Å². The third-order valence-corrected chi connectivity index (χ3v) is 2.63. The molecule has 1 aromatic carbocycles. The van der Waals surface area contributed by atoms with Crippen molar-refractivity contribution in [1.29, 1.82) is 0 Å².